The number of carboxylic acid groups (broad SMARTS) is 1. The number of aliphatic carboxylic acids is 1. The van der Waals surface area contributed by atoms with Gasteiger partial charge in [0, 0.05) is 31.3 Å². The summed E-state index contributed by atoms with van der Waals surface area (Å²) in [5.41, 5.74) is 0.576. The molecule has 0 radical (unpaired) electrons. The summed E-state index contributed by atoms with van der Waals surface area (Å²) in [7, 11) is 1.42. The van der Waals surface area contributed by atoms with Crippen LogP contribution in [0.2, 0.25) is 0 Å². The zero-order valence-corrected chi connectivity index (χ0v) is 12.6. The van der Waals surface area contributed by atoms with E-state index in [2.05, 4.69) is 21.3 Å². The van der Waals surface area contributed by atoms with Crippen LogP contribution in [0.3, 0.4) is 0 Å². The molecule has 1 heterocycles. The van der Waals surface area contributed by atoms with Gasteiger partial charge in [-0.1, -0.05) is 0 Å². The number of non-ortho nitro benzene ring substituents is 1. The number of hydrogen-bond acceptors (Lipinski definition) is 6. The number of nitro benzene ring substituents is 1. The first-order chi connectivity index (χ1) is 11.3. The van der Waals surface area contributed by atoms with Crippen LogP contribution in [0.4, 0.5) is 21.9 Å². The van der Waals surface area contributed by atoms with E-state index in [9.17, 15) is 24.5 Å². The Morgan fingerprint density at radius 1 is 1.42 bits per heavy atom. The van der Waals surface area contributed by atoms with Gasteiger partial charge in [-0.05, 0) is 0 Å². The van der Waals surface area contributed by atoms with Crippen LogP contribution >= 0.6 is 0 Å². The number of carbonyl (C=O) groups excluding carboxylic acids is 2. The molecule has 2 rings (SSSR count). The topological polar surface area (TPSA) is 163 Å². The maximum atomic E-state index is 11.9. The maximum absolute atomic E-state index is 11.9. The predicted molar refractivity (Wildman–Crippen MR) is 82.7 cm³/mol. The van der Waals surface area contributed by atoms with E-state index in [0.29, 0.717) is 11.3 Å². The molecule has 0 bridgehead atoms. The highest BCUT2D eigenvalue weighted by molar-refractivity contribution is 6.05. The number of anilines is 2. The third-order valence-corrected chi connectivity index (χ3v) is 3.35. The molecular weight excluding hydrogens is 322 g/mol. The van der Waals surface area contributed by atoms with Crippen molar-refractivity contribution >= 4 is 35.0 Å². The minimum Gasteiger partial charge on any atom is -0.481 e. The van der Waals surface area contributed by atoms with Gasteiger partial charge in [0.25, 0.3) is 5.69 Å². The van der Waals surface area contributed by atoms with Crippen LogP contribution in [0.25, 0.3) is 0 Å². The van der Waals surface area contributed by atoms with Gasteiger partial charge in [0.2, 0.25) is 5.91 Å². The van der Waals surface area contributed by atoms with Crippen molar-refractivity contribution in [2.75, 3.05) is 17.7 Å². The molecule has 0 saturated heterocycles. The van der Waals surface area contributed by atoms with Crippen LogP contribution < -0.4 is 21.3 Å². The standard InChI is InChI=1S/C13H15N5O6/c1-14-13(22)15-5-6-2-7(18(23)24)3-8-11(6)16-9(4-10(19)20)12(21)17-8/h2-3,9,16H,4-5H2,1H3,(H,17,21)(H,19,20)(H2,14,15,22). The van der Waals surface area contributed by atoms with Gasteiger partial charge in [0.15, 0.2) is 0 Å². The van der Waals surface area contributed by atoms with Crippen molar-refractivity contribution in [3.63, 3.8) is 0 Å². The molecule has 0 spiro atoms. The van der Waals surface area contributed by atoms with Gasteiger partial charge in [-0.2, -0.15) is 0 Å². The fraction of sp³-hybridized carbons (Fsp3) is 0.308. The molecule has 128 valence electrons. The number of fused-ring (bicyclic) bond motifs is 1. The van der Waals surface area contributed by atoms with Gasteiger partial charge in [-0.15, -0.1) is 0 Å². The smallest absolute Gasteiger partial charge is 0.314 e. The molecule has 1 aliphatic rings. The van der Waals surface area contributed by atoms with Gasteiger partial charge in [0.05, 0.1) is 22.7 Å². The Hall–Kier alpha value is -3.37. The average molecular weight is 337 g/mol. The zero-order chi connectivity index (χ0) is 17.9. The Morgan fingerprint density at radius 3 is 2.71 bits per heavy atom. The molecule has 1 aromatic carbocycles. The predicted octanol–water partition coefficient (Wildman–Crippen LogP) is 0.231. The fourth-order valence-electron chi connectivity index (χ4n) is 2.24. The Labute approximate surface area is 135 Å². The lowest BCUT2D eigenvalue weighted by molar-refractivity contribution is -0.384. The van der Waals surface area contributed by atoms with Crippen molar-refractivity contribution in [1.82, 2.24) is 10.6 Å². The number of urea groups is 1. The normalized spacial score (nSPS) is 15.5. The van der Waals surface area contributed by atoms with Gasteiger partial charge in [-0.25, -0.2) is 4.79 Å². The van der Waals surface area contributed by atoms with Crippen molar-refractivity contribution in [1.29, 1.82) is 0 Å². The molecule has 0 aromatic heterocycles. The summed E-state index contributed by atoms with van der Waals surface area (Å²) in [5.74, 6) is -1.77. The van der Waals surface area contributed by atoms with Crippen LogP contribution in [-0.2, 0) is 16.1 Å². The fourth-order valence-corrected chi connectivity index (χ4v) is 2.24. The van der Waals surface area contributed by atoms with Crippen molar-refractivity contribution in [2.24, 2.45) is 0 Å². The summed E-state index contributed by atoms with van der Waals surface area (Å²) in [6.07, 6.45) is -0.454. The number of nitrogens with zero attached hydrogens (tertiary/aromatic N) is 1. The lowest BCUT2D eigenvalue weighted by Crippen LogP contribution is -2.41. The van der Waals surface area contributed by atoms with Crippen molar-refractivity contribution in [2.45, 2.75) is 19.0 Å². The molecule has 1 aromatic rings. The summed E-state index contributed by atoms with van der Waals surface area (Å²) >= 11 is 0. The number of rotatable bonds is 5. The molecule has 1 atom stereocenters. The second-order valence-corrected chi connectivity index (χ2v) is 5.00. The highest BCUT2D eigenvalue weighted by Crippen LogP contribution is 2.35. The van der Waals surface area contributed by atoms with E-state index in [1.807, 2.05) is 0 Å². The Balaban J connectivity index is 2.38. The molecule has 3 amide bonds. The summed E-state index contributed by atoms with van der Waals surface area (Å²) in [6.45, 7) is -0.0493. The van der Waals surface area contributed by atoms with Crippen LogP contribution in [0.5, 0.6) is 0 Å². The maximum Gasteiger partial charge on any atom is 0.314 e. The van der Waals surface area contributed by atoms with Gasteiger partial charge in [-0.3, -0.25) is 19.7 Å². The van der Waals surface area contributed by atoms with Gasteiger partial charge >= 0.3 is 12.0 Å². The third-order valence-electron chi connectivity index (χ3n) is 3.35. The van der Waals surface area contributed by atoms with E-state index >= 15 is 0 Å². The molecule has 11 nitrogen and oxygen atoms in total. The summed E-state index contributed by atoms with van der Waals surface area (Å²) in [4.78, 5) is 44.4. The molecule has 0 fully saturated rings. The highest BCUT2D eigenvalue weighted by Gasteiger charge is 2.30. The third kappa shape index (κ3) is 3.69. The molecule has 0 saturated carbocycles. The van der Waals surface area contributed by atoms with Crippen LogP contribution in [0.1, 0.15) is 12.0 Å². The quantitative estimate of drug-likeness (QED) is 0.379. The minimum absolute atomic E-state index is 0.0493. The Morgan fingerprint density at radius 2 is 2.12 bits per heavy atom. The van der Waals surface area contributed by atoms with E-state index in [1.165, 1.54) is 19.2 Å². The average Bonchev–Trinajstić information content (AvgIpc) is 2.52. The van der Waals surface area contributed by atoms with Crippen LogP contribution in [0.15, 0.2) is 12.1 Å². The first-order valence-electron chi connectivity index (χ1n) is 6.88. The van der Waals surface area contributed by atoms with Gasteiger partial charge in [0.1, 0.15) is 6.04 Å². The summed E-state index contributed by atoms with van der Waals surface area (Å²) in [6, 6.07) is 0.907. The second-order valence-electron chi connectivity index (χ2n) is 5.00. The monoisotopic (exact) mass is 337 g/mol. The number of amides is 3. The van der Waals surface area contributed by atoms with Crippen molar-refractivity contribution < 1.29 is 24.4 Å². The first-order valence-corrected chi connectivity index (χ1v) is 6.88. The lowest BCUT2D eigenvalue weighted by atomic mass is 10.0. The summed E-state index contributed by atoms with van der Waals surface area (Å²) in [5, 5.41) is 29.9. The van der Waals surface area contributed by atoms with Crippen molar-refractivity contribution in [3.05, 3.63) is 27.8 Å². The van der Waals surface area contributed by atoms with Gasteiger partial charge < -0.3 is 26.4 Å². The molecular formula is C13H15N5O6. The number of nitrogens with one attached hydrogen (secondary N) is 4. The summed E-state index contributed by atoms with van der Waals surface area (Å²) < 4.78 is 0. The first kappa shape index (κ1) is 17.0. The number of hydrogen-bond donors (Lipinski definition) is 5. The Kier molecular flexibility index (Phi) is 4.82. The van der Waals surface area contributed by atoms with E-state index < -0.39 is 35.3 Å². The minimum atomic E-state index is -1.17. The number of carbonyl (C=O) groups is 3. The van der Waals surface area contributed by atoms with E-state index in [1.54, 1.807) is 0 Å². The molecule has 1 aliphatic heterocycles. The zero-order valence-electron chi connectivity index (χ0n) is 12.6. The molecule has 24 heavy (non-hydrogen) atoms. The highest BCUT2D eigenvalue weighted by atomic mass is 16.6. The second kappa shape index (κ2) is 6.81. The SMILES string of the molecule is CNC(=O)NCc1cc([N+](=O)[O-])cc2c1NC(CC(=O)O)C(=O)N2. The van der Waals surface area contributed by atoms with E-state index in [0.717, 1.165) is 0 Å². The van der Waals surface area contributed by atoms with Crippen molar-refractivity contribution in [3.8, 4) is 0 Å². The van der Waals surface area contributed by atoms with Crippen LogP contribution in [-0.4, -0.2) is 41.0 Å². The number of benzene rings is 1. The molecule has 5 N–H and O–H groups in total. The van der Waals surface area contributed by atoms with E-state index in [-0.39, 0.29) is 17.9 Å². The molecule has 11 heteroatoms. The molecule has 1 unspecified atom stereocenters. The number of carboxylic acids is 1. The largest absolute Gasteiger partial charge is 0.481 e. The lowest BCUT2D eigenvalue weighted by Gasteiger charge is -2.27. The van der Waals surface area contributed by atoms with Crippen LogP contribution in [0, 0.1) is 10.1 Å². The van der Waals surface area contributed by atoms with E-state index in [4.69, 9.17) is 5.11 Å². The molecule has 0 aliphatic carbocycles. The Bertz CT molecular complexity index is 719. The number of nitro groups is 1.